The van der Waals surface area contributed by atoms with Gasteiger partial charge in [-0.15, -0.1) is 11.3 Å². The molecule has 0 atom stereocenters. The van der Waals surface area contributed by atoms with E-state index in [1.165, 1.54) is 0 Å². The minimum absolute atomic E-state index is 0.279. The van der Waals surface area contributed by atoms with E-state index in [9.17, 15) is 4.79 Å². The number of carboxylic acid groups (broad SMARTS) is 1. The highest BCUT2D eigenvalue weighted by molar-refractivity contribution is 7.07. The minimum Gasteiger partial charge on any atom is -0.478 e. The summed E-state index contributed by atoms with van der Waals surface area (Å²) in [6.45, 7) is 1.37. The largest absolute Gasteiger partial charge is 0.478 e. The van der Waals surface area contributed by atoms with Crippen molar-refractivity contribution in [1.29, 1.82) is 0 Å². The van der Waals surface area contributed by atoms with Crippen molar-refractivity contribution in [2.75, 3.05) is 6.54 Å². The number of nitrogens with zero attached hydrogens (tertiary/aromatic N) is 2. The molecule has 6 heteroatoms. The minimum atomic E-state index is -0.923. The molecule has 0 saturated carbocycles. The topological polar surface area (TPSA) is 80.6 Å². The van der Waals surface area contributed by atoms with Crippen molar-refractivity contribution in [3.63, 3.8) is 0 Å². The monoisotopic (exact) mass is 353 g/mol. The summed E-state index contributed by atoms with van der Waals surface area (Å²) >= 11 is 1.57. The molecule has 0 radical (unpaired) electrons. The average molecular weight is 353 g/mol. The normalized spacial score (nSPS) is 11.6. The van der Waals surface area contributed by atoms with Crippen molar-refractivity contribution in [1.82, 2.24) is 4.57 Å². The molecule has 3 rings (SSSR count). The van der Waals surface area contributed by atoms with Crippen LogP contribution in [0.3, 0.4) is 0 Å². The first kappa shape index (κ1) is 17.1. The lowest BCUT2D eigenvalue weighted by molar-refractivity contribution is 0.0697. The van der Waals surface area contributed by atoms with Crippen molar-refractivity contribution in [2.24, 2.45) is 10.7 Å². The average Bonchev–Trinajstić information content (AvgIpc) is 3.03. The number of aromatic carboxylic acids is 1. The van der Waals surface area contributed by atoms with Gasteiger partial charge in [-0.2, -0.15) is 0 Å². The maximum absolute atomic E-state index is 11.0. The standard InChI is InChI=1S/C19H19N3O2S/c20-11-4-12-22-17(14-7-9-15(10-8-14)18(23)24)13-25-19(22)21-16-5-2-1-3-6-16/h1-3,5-10,13H,4,11-12,20H2,(H,23,24). The second-order valence-electron chi connectivity index (χ2n) is 5.53. The van der Waals surface area contributed by atoms with Crippen molar-refractivity contribution in [3.8, 4) is 11.3 Å². The first-order valence-corrected chi connectivity index (χ1v) is 8.89. The summed E-state index contributed by atoms with van der Waals surface area (Å²) in [5.41, 5.74) is 8.85. The van der Waals surface area contributed by atoms with Crippen LogP contribution in [0.15, 0.2) is 65.0 Å². The highest BCUT2D eigenvalue weighted by Gasteiger charge is 2.09. The van der Waals surface area contributed by atoms with Gasteiger partial charge in [-0.25, -0.2) is 9.79 Å². The fourth-order valence-corrected chi connectivity index (χ4v) is 3.47. The molecule has 25 heavy (non-hydrogen) atoms. The number of benzene rings is 2. The van der Waals surface area contributed by atoms with E-state index in [-0.39, 0.29) is 5.56 Å². The third-order valence-electron chi connectivity index (χ3n) is 3.79. The highest BCUT2D eigenvalue weighted by Crippen LogP contribution is 2.22. The van der Waals surface area contributed by atoms with Gasteiger partial charge in [0.1, 0.15) is 0 Å². The molecule has 128 valence electrons. The van der Waals surface area contributed by atoms with E-state index in [1.54, 1.807) is 23.5 Å². The molecular weight excluding hydrogens is 334 g/mol. The Morgan fingerprint density at radius 3 is 2.48 bits per heavy atom. The molecule has 0 unspecified atom stereocenters. The van der Waals surface area contributed by atoms with Gasteiger partial charge in [-0.05, 0) is 42.8 Å². The summed E-state index contributed by atoms with van der Waals surface area (Å²) in [7, 11) is 0. The zero-order chi connectivity index (χ0) is 17.6. The second-order valence-corrected chi connectivity index (χ2v) is 6.36. The zero-order valence-corrected chi connectivity index (χ0v) is 14.4. The quantitative estimate of drug-likeness (QED) is 0.712. The predicted octanol–water partition coefficient (Wildman–Crippen LogP) is 3.50. The van der Waals surface area contributed by atoms with Crippen LogP contribution < -0.4 is 10.5 Å². The van der Waals surface area contributed by atoms with Crippen molar-refractivity contribution in [3.05, 3.63) is 70.3 Å². The van der Waals surface area contributed by atoms with Gasteiger partial charge in [0.25, 0.3) is 0 Å². The summed E-state index contributed by atoms with van der Waals surface area (Å²) in [5, 5.41) is 11.1. The van der Waals surface area contributed by atoms with Crippen molar-refractivity contribution >= 4 is 23.0 Å². The van der Waals surface area contributed by atoms with Gasteiger partial charge in [0, 0.05) is 11.9 Å². The van der Waals surface area contributed by atoms with Gasteiger partial charge in [0.15, 0.2) is 4.80 Å². The maximum Gasteiger partial charge on any atom is 0.335 e. The molecular formula is C19H19N3O2S. The summed E-state index contributed by atoms with van der Waals surface area (Å²) in [6.07, 6.45) is 0.846. The Kier molecular flexibility index (Phi) is 5.42. The van der Waals surface area contributed by atoms with E-state index in [1.807, 2.05) is 47.8 Å². The van der Waals surface area contributed by atoms with Crippen LogP contribution in [0.2, 0.25) is 0 Å². The van der Waals surface area contributed by atoms with Gasteiger partial charge >= 0.3 is 5.97 Å². The lowest BCUT2D eigenvalue weighted by Crippen LogP contribution is -2.18. The Bertz CT molecular complexity index is 912. The molecule has 0 saturated heterocycles. The lowest BCUT2D eigenvalue weighted by Gasteiger charge is -2.09. The molecule has 3 N–H and O–H groups in total. The molecule has 0 aliphatic carbocycles. The van der Waals surface area contributed by atoms with E-state index < -0.39 is 5.97 Å². The van der Waals surface area contributed by atoms with Crippen molar-refractivity contribution in [2.45, 2.75) is 13.0 Å². The van der Waals surface area contributed by atoms with Crippen molar-refractivity contribution < 1.29 is 9.90 Å². The van der Waals surface area contributed by atoms with Gasteiger partial charge in [-0.1, -0.05) is 30.3 Å². The van der Waals surface area contributed by atoms with Crippen LogP contribution in [0.1, 0.15) is 16.8 Å². The number of para-hydroxylation sites is 1. The number of hydrogen-bond donors (Lipinski definition) is 2. The lowest BCUT2D eigenvalue weighted by atomic mass is 10.1. The van der Waals surface area contributed by atoms with Crippen LogP contribution in [-0.2, 0) is 6.54 Å². The predicted molar refractivity (Wildman–Crippen MR) is 100 cm³/mol. The first-order chi connectivity index (χ1) is 12.2. The SMILES string of the molecule is NCCCn1c(-c2ccc(C(=O)O)cc2)csc1=Nc1ccccc1. The van der Waals surface area contributed by atoms with Crippen LogP contribution in [0.25, 0.3) is 11.3 Å². The van der Waals surface area contributed by atoms with Gasteiger partial charge in [0.05, 0.1) is 16.9 Å². The third kappa shape index (κ3) is 4.04. The molecule has 0 spiro atoms. The van der Waals surface area contributed by atoms with E-state index in [2.05, 4.69) is 4.57 Å². The molecule has 0 bridgehead atoms. The van der Waals surface area contributed by atoms with Gasteiger partial charge < -0.3 is 15.4 Å². The Morgan fingerprint density at radius 2 is 1.84 bits per heavy atom. The van der Waals surface area contributed by atoms with Gasteiger partial charge in [-0.3, -0.25) is 0 Å². The number of carboxylic acids is 1. The number of hydrogen-bond acceptors (Lipinski definition) is 4. The molecule has 0 aliphatic heterocycles. The molecule has 0 fully saturated rings. The molecule has 1 aromatic heterocycles. The molecule has 5 nitrogen and oxygen atoms in total. The fraction of sp³-hybridized carbons (Fsp3) is 0.158. The molecule has 1 heterocycles. The summed E-state index contributed by atoms with van der Waals surface area (Å²) < 4.78 is 2.14. The fourth-order valence-electron chi connectivity index (χ4n) is 2.51. The third-order valence-corrected chi connectivity index (χ3v) is 4.66. The molecule has 2 aromatic carbocycles. The van der Waals surface area contributed by atoms with Crippen LogP contribution >= 0.6 is 11.3 Å². The summed E-state index contributed by atoms with van der Waals surface area (Å²) in [6, 6.07) is 16.7. The number of rotatable bonds is 6. The molecule has 0 aliphatic rings. The number of nitrogens with two attached hydrogens (primary N) is 1. The highest BCUT2D eigenvalue weighted by atomic mass is 32.1. The Balaban J connectivity index is 2.04. The van der Waals surface area contributed by atoms with E-state index >= 15 is 0 Å². The van der Waals surface area contributed by atoms with E-state index in [4.69, 9.17) is 15.8 Å². The molecule has 0 amide bonds. The van der Waals surface area contributed by atoms with E-state index in [0.717, 1.165) is 34.7 Å². The Hall–Kier alpha value is -2.70. The van der Waals surface area contributed by atoms with Crippen LogP contribution in [0.5, 0.6) is 0 Å². The Labute approximate surface area is 149 Å². The summed E-state index contributed by atoms with van der Waals surface area (Å²) in [4.78, 5) is 16.7. The molecule has 3 aromatic rings. The maximum atomic E-state index is 11.0. The first-order valence-electron chi connectivity index (χ1n) is 8.01. The second kappa shape index (κ2) is 7.92. The Morgan fingerprint density at radius 1 is 1.12 bits per heavy atom. The number of thiazole rings is 1. The number of aromatic nitrogens is 1. The van der Waals surface area contributed by atoms with Crippen LogP contribution in [0, 0.1) is 0 Å². The van der Waals surface area contributed by atoms with Crippen LogP contribution in [-0.4, -0.2) is 22.2 Å². The van der Waals surface area contributed by atoms with Gasteiger partial charge in [0.2, 0.25) is 0 Å². The smallest absolute Gasteiger partial charge is 0.335 e. The zero-order valence-electron chi connectivity index (χ0n) is 13.6. The van der Waals surface area contributed by atoms with E-state index in [0.29, 0.717) is 6.54 Å². The summed E-state index contributed by atoms with van der Waals surface area (Å²) in [5.74, 6) is -0.923. The number of carbonyl (C=O) groups is 1. The van der Waals surface area contributed by atoms with Crippen LogP contribution in [0.4, 0.5) is 5.69 Å².